The maximum absolute atomic E-state index is 12.1. The van der Waals surface area contributed by atoms with Crippen molar-refractivity contribution in [3.63, 3.8) is 0 Å². The van der Waals surface area contributed by atoms with Crippen LogP contribution in [0.25, 0.3) is 0 Å². The number of carbonyl (C=O) groups is 1. The van der Waals surface area contributed by atoms with Gasteiger partial charge < -0.3 is 10.1 Å². The van der Waals surface area contributed by atoms with Crippen molar-refractivity contribution in [3.8, 4) is 5.75 Å². The molecule has 2 aromatic rings. The van der Waals surface area contributed by atoms with Gasteiger partial charge in [0.15, 0.2) is 0 Å². The summed E-state index contributed by atoms with van der Waals surface area (Å²) in [6, 6.07) is 11.7. The Morgan fingerprint density at radius 3 is 2.92 bits per heavy atom. The molecule has 3 rings (SSSR count). The number of hydrogen-bond acceptors (Lipinski definition) is 5. The van der Waals surface area contributed by atoms with E-state index >= 15 is 0 Å². The van der Waals surface area contributed by atoms with Gasteiger partial charge in [0.05, 0.1) is 12.1 Å². The van der Waals surface area contributed by atoms with Crippen molar-refractivity contribution >= 4 is 17.7 Å². The van der Waals surface area contributed by atoms with Crippen LogP contribution in [-0.2, 0) is 6.54 Å². The molecule has 1 aromatic heterocycles. The van der Waals surface area contributed by atoms with Crippen LogP contribution in [0.5, 0.6) is 5.75 Å². The summed E-state index contributed by atoms with van der Waals surface area (Å²) in [6.45, 7) is 5.66. The third kappa shape index (κ3) is 5.75. The van der Waals surface area contributed by atoms with E-state index in [1.807, 2.05) is 30.8 Å². The van der Waals surface area contributed by atoms with Crippen molar-refractivity contribution < 1.29 is 9.53 Å². The highest BCUT2D eigenvalue weighted by Crippen LogP contribution is 2.18. The Morgan fingerprint density at radius 2 is 2.15 bits per heavy atom. The first-order chi connectivity index (χ1) is 12.7. The average Bonchev–Trinajstić information content (AvgIpc) is 2.68. The third-order valence-corrected chi connectivity index (χ3v) is 5.16. The fourth-order valence-electron chi connectivity index (χ4n) is 2.84. The number of nitrogens with one attached hydrogen (secondary N) is 1. The Balaban J connectivity index is 1.48. The minimum absolute atomic E-state index is 0.114. The number of thioether (sulfide) groups is 1. The van der Waals surface area contributed by atoms with Crippen molar-refractivity contribution in [2.75, 3.05) is 31.1 Å². The first kappa shape index (κ1) is 18.7. The van der Waals surface area contributed by atoms with E-state index in [4.69, 9.17) is 4.74 Å². The summed E-state index contributed by atoms with van der Waals surface area (Å²) < 4.78 is 5.98. The molecule has 1 aliphatic rings. The van der Waals surface area contributed by atoms with Crippen LogP contribution in [0.15, 0.2) is 48.8 Å². The first-order valence-electron chi connectivity index (χ1n) is 8.94. The lowest BCUT2D eigenvalue weighted by Crippen LogP contribution is -2.33. The van der Waals surface area contributed by atoms with Gasteiger partial charge in [0.1, 0.15) is 11.9 Å². The number of carbonyl (C=O) groups excluding carboxylic acids is 1. The molecule has 5 nitrogen and oxygen atoms in total. The highest BCUT2D eigenvalue weighted by molar-refractivity contribution is 7.99. The van der Waals surface area contributed by atoms with E-state index in [1.54, 1.807) is 24.5 Å². The molecule has 0 spiro atoms. The second-order valence-electron chi connectivity index (χ2n) is 6.42. The van der Waals surface area contributed by atoms with E-state index < -0.39 is 0 Å². The summed E-state index contributed by atoms with van der Waals surface area (Å²) in [4.78, 5) is 18.5. The molecule has 1 amide bonds. The Morgan fingerprint density at radius 1 is 1.31 bits per heavy atom. The molecule has 6 heteroatoms. The Bertz CT molecular complexity index is 705. The minimum Gasteiger partial charge on any atom is -0.489 e. The van der Waals surface area contributed by atoms with Crippen molar-refractivity contribution in [1.29, 1.82) is 0 Å². The molecule has 1 N–H and O–H groups in total. The van der Waals surface area contributed by atoms with Gasteiger partial charge in [-0.05, 0) is 36.8 Å². The number of hydrogen-bond donors (Lipinski definition) is 1. The monoisotopic (exact) mass is 371 g/mol. The highest BCUT2D eigenvalue weighted by atomic mass is 32.2. The van der Waals surface area contributed by atoms with Crippen molar-refractivity contribution in [3.05, 3.63) is 59.9 Å². The Hall–Kier alpha value is -2.05. The largest absolute Gasteiger partial charge is 0.489 e. The summed E-state index contributed by atoms with van der Waals surface area (Å²) >= 11 is 2.02. The predicted octanol–water partition coefficient (Wildman–Crippen LogP) is 2.83. The second-order valence-corrected chi connectivity index (χ2v) is 7.64. The summed E-state index contributed by atoms with van der Waals surface area (Å²) in [5.41, 5.74) is 1.82. The van der Waals surface area contributed by atoms with E-state index in [-0.39, 0.29) is 12.0 Å². The van der Waals surface area contributed by atoms with Crippen LogP contribution in [0.3, 0.4) is 0 Å². The van der Waals surface area contributed by atoms with Crippen molar-refractivity contribution in [2.24, 2.45) is 0 Å². The zero-order valence-corrected chi connectivity index (χ0v) is 15.9. The molecule has 1 aromatic carbocycles. The van der Waals surface area contributed by atoms with Crippen LogP contribution in [0.1, 0.15) is 22.8 Å². The molecule has 1 saturated heterocycles. The number of nitrogens with zero attached hydrogens (tertiary/aromatic N) is 2. The van der Waals surface area contributed by atoms with Crippen LogP contribution in [0.2, 0.25) is 0 Å². The lowest BCUT2D eigenvalue weighted by molar-refractivity contribution is 0.0932. The van der Waals surface area contributed by atoms with Crippen molar-refractivity contribution in [2.45, 2.75) is 19.6 Å². The standard InChI is InChI=1S/C20H25N3O2S/c1-16(13-22-20(24)18-5-3-7-21-14-18)25-19-6-2-4-17(12-19)15-23-8-10-26-11-9-23/h2-7,12,14,16H,8-11,13,15H2,1H3,(H,22,24). The van der Waals surface area contributed by atoms with Crippen LogP contribution in [0.4, 0.5) is 0 Å². The number of ether oxygens (including phenoxy) is 1. The van der Waals surface area contributed by atoms with Gasteiger partial charge in [-0.25, -0.2) is 0 Å². The molecule has 0 radical (unpaired) electrons. The van der Waals surface area contributed by atoms with E-state index in [0.717, 1.165) is 25.4 Å². The molecular formula is C20H25N3O2S. The maximum atomic E-state index is 12.1. The predicted molar refractivity (Wildman–Crippen MR) is 106 cm³/mol. The van der Waals surface area contributed by atoms with Crippen LogP contribution in [0, 0.1) is 0 Å². The molecule has 138 valence electrons. The zero-order valence-electron chi connectivity index (χ0n) is 15.1. The summed E-state index contributed by atoms with van der Waals surface area (Å²) in [6.07, 6.45) is 3.10. The fourth-order valence-corrected chi connectivity index (χ4v) is 3.82. The second kappa shape index (κ2) is 9.59. The molecule has 0 bridgehead atoms. The first-order valence-corrected chi connectivity index (χ1v) is 10.1. The molecular weight excluding hydrogens is 346 g/mol. The van der Waals surface area contributed by atoms with Gasteiger partial charge in [-0.15, -0.1) is 0 Å². The van der Waals surface area contributed by atoms with Gasteiger partial charge in [-0.3, -0.25) is 14.7 Å². The van der Waals surface area contributed by atoms with Gasteiger partial charge in [0, 0.05) is 43.5 Å². The normalized spacial score (nSPS) is 16.0. The number of aromatic nitrogens is 1. The summed E-state index contributed by atoms with van der Waals surface area (Å²) in [5, 5.41) is 2.88. The SMILES string of the molecule is CC(CNC(=O)c1cccnc1)Oc1cccc(CN2CCSCC2)c1. The smallest absolute Gasteiger partial charge is 0.252 e. The molecule has 1 aliphatic heterocycles. The molecule has 1 atom stereocenters. The van der Waals surface area contributed by atoms with Crippen LogP contribution < -0.4 is 10.1 Å². The number of pyridine rings is 1. The van der Waals surface area contributed by atoms with E-state index in [9.17, 15) is 4.79 Å². The van der Waals surface area contributed by atoms with Crippen LogP contribution in [-0.4, -0.2) is 53.0 Å². The van der Waals surface area contributed by atoms with Gasteiger partial charge in [-0.2, -0.15) is 11.8 Å². The molecule has 0 aliphatic carbocycles. The molecule has 1 unspecified atom stereocenters. The summed E-state index contributed by atoms with van der Waals surface area (Å²) in [7, 11) is 0. The summed E-state index contributed by atoms with van der Waals surface area (Å²) in [5.74, 6) is 3.13. The van der Waals surface area contributed by atoms with Gasteiger partial charge >= 0.3 is 0 Å². The molecule has 1 fully saturated rings. The van der Waals surface area contributed by atoms with E-state index in [2.05, 4.69) is 27.3 Å². The van der Waals surface area contributed by atoms with Gasteiger partial charge in [-0.1, -0.05) is 12.1 Å². The van der Waals surface area contributed by atoms with E-state index in [0.29, 0.717) is 12.1 Å². The maximum Gasteiger partial charge on any atom is 0.252 e. The number of amides is 1. The minimum atomic E-state index is -0.134. The average molecular weight is 372 g/mol. The molecule has 0 saturated carbocycles. The zero-order chi connectivity index (χ0) is 18.2. The van der Waals surface area contributed by atoms with E-state index in [1.165, 1.54) is 17.1 Å². The highest BCUT2D eigenvalue weighted by Gasteiger charge is 2.12. The lowest BCUT2D eigenvalue weighted by Gasteiger charge is -2.26. The van der Waals surface area contributed by atoms with Crippen LogP contribution >= 0.6 is 11.8 Å². The Labute approximate surface area is 159 Å². The fraction of sp³-hybridized carbons (Fsp3) is 0.400. The number of benzene rings is 1. The quantitative estimate of drug-likeness (QED) is 0.811. The topological polar surface area (TPSA) is 54.5 Å². The molecule has 26 heavy (non-hydrogen) atoms. The van der Waals surface area contributed by atoms with Gasteiger partial charge in [0.2, 0.25) is 0 Å². The van der Waals surface area contributed by atoms with Gasteiger partial charge in [0.25, 0.3) is 5.91 Å². The number of rotatable bonds is 7. The third-order valence-electron chi connectivity index (χ3n) is 4.22. The van der Waals surface area contributed by atoms with Crippen molar-refractivity contribution in [1.82, 2.24) is 15.2 Å². The Kier molecular flexibility index (Phi) is 6.91. The lowest BCUT2D eigenvalue weighted by atomic mass is 10.2. The molecule has 2 heterocycles.